The van der Waals surface area contributed by atoms with Crippen LogP contribution in [0.2, 0.25) is 0 Å². The Morgan fingerprint density at radius 2 is 1.59 bits per heavy atom. The van der Waals surface area contributed by atoms with Crippen LogP contribution in [0.25, 0.3) is 0 Å². The van der Waals surface area contributed by atoms with Gasteiger partial charge in [-0.2, -0.15) is 0 Å². The number of anilines is 1. The second-order valence-corrected chi connectivity index (χ2v) is 10.2. The van der Waals surface area contributed by atoms with Crippen LogP contribution in [0, 0.1) is 18.8 Å². The Kier molecular flexibility index (Phi) is 8.04. The smallest absolute Gasteiger partial charge is 0.246 e. The monoisotopic (exact) mass is 457 g/mol. The zero-order chi connectivity index (χ0) is 23.1. The normalized spacial score (nSPS) is 19.7. The topological polar surface area (TPSA) is 104 Å². The van der Waals surface area contributed by atoms with Gasteiger partial charge in [-0.25, -0.2) is 13.1 Å². The van der Waals surface area contributed by atoms with Gasteiger partial charge in [0.15, 0.2) is 0 Å². The average molecular weight is 458 g/mol. The predicted molar refractivity (Wildman–Crippen MR) is 124 cm³/mol. The SMILES string of the molecule is Cc1ccc(NC(=O)[C@@H](C)NC(=O)C2CCC(CNS(=O)(=O)c3ccccc3)CC2)cc1. The molecule has 172 valence electrons. The highest BCUT2D eigenvalue weighted by atomic mass is 32.2. The predicted octanol–water partition coefficient (Wildman–Crippen LogP) is 3.22. The molecule has 0 aromatic heterocycles. The summed E-state index contributed by atoms with van der Waals surface area (Å²) in [5, 5.41) is 5.62. The maximum atomic E-state index is 12.6. The van der Waals surface area contributed by atoms with Gasteiger partial charge in [-0.15, -0.1) is 0 Å². The van der Waals surface area contributed by atoms with Gasteiger partial charge in [0.05, 0.1) is 4.90 Å². The Morgan fingerprint density at radius 3 is 2.22 bits per heavy atom. The van der Waals surface area contributed by atoms with Crippen molar-refractivity contribution < 1.29 is 18.0 Å². The van der Waals surface area contributed by atoms with Crippen molar-refractivity contribution in [3.8, 4) is 0 Å². The molecule has 1 saturated carbocycles. The fraction of sp³-hybridized carbons (Fsp3) is 0.417. The molecule has 0 unspecified atom stereocenters. The van der Waals surface area contributed by atoms with Crippen LogP contribution >= 0.6 is 0 Å². The number of sulfonamides is 1. The Balaban J connectivity index is 1.42. The van der Waals surface area contributed by atoms with Gasteiger partial charge in [0.1, 0.15) is 6.04 Å². The van der Waals surface area contributed by atoms with Crippen LogP contribution in [-0.2, 0) is 19.6 Å². The van der Waals surface area contributed by atoms with Crippen LogP contribution in [0.3, 0.4) is 0 Å². The molecule has 7 nitrogen and oxygen atoms in total. The number of hydrogen-bond donors (Lipinski definition) is 3. The van der Waals surface area contributed by atoms with E-state index >= 15 is 0 Å². The van der Waals surface area contributed by atoms with E-state index in [9.17, 15) is 18.0 Å². The first-order chi connectivity index (χ1) is 15.2. The molecule has 8 heteroatoms. The summed E-state index contributed by atoms with van der Waals surface area (Å²) in [7, 11) is -3.52. The van der Waals surface area contributed by atoms with E-state index in [0.29, 0.717) is 25.1 Å². The summed E-state index contributed by atoms with van der Waals surface area (Å²) in [6, 6.07) is 15.1. The van der Waals surface area contributed by atoms with Crippen molar-refractivity contribution in [3.05, 3.63) is 60.2 Å². The van der Waals surface area contributed by atoms with Gasteiger partial charge in [0.25, 0.3) is 0 Å². The minimum atomic E-state index is -3.52. The molecule has 2 amide bonds. The van der Waals surface area contributed by atoms with Crippen LogP contribution in [0.1, 0.15) is 38.2 Å². The van der Waals surface area contributed by atoms with Crippen molar-refractivity contribution in [1.82, 2.24) is 10.0 Å². The van der Waals surface area contributed by atoms with Crippen molar-refractivity contribution in [1.29, 1.82) is 0 Å². The number of rotatable bonds is 8. The fourth-order valence-corrected chi connectivity index (χ4v) is 4.96. The lowest BCUT2D eigenvalue weighted by Gasteiger charge is -2.28. The van der Waals surface area contributed by atoms with Gasteiger partial charge < -0.3 is 10.6 Å². The number of carbonyl (C=O) groups is 2. The highest BCUT2D eigenvalue weighted by molar-refractivity contribution is 7.89. The molecule has 1 atom stereocenters. The Bertz CT molecular complexity index is 1010. The number of carbonyl (C=O) groups excluding carboxylic acids is 2. The van der Waals surface area contributed by atoms with Crippen molar-refractivity contribution >= 4 is 27.5 Å². The highest BCUT2D eigenvalue weighted by Gasteiger charge is 2.29. The molecule has 3 rings (SSSR count). The molecular formula is C24H31N3O4S. The molecule has 3 N–H and O–H groups in total. The molecule has 0 aliphatic heterocycles. The summed E-state index contributed by atoms with van der Waals surface area (Å²) in [5.74, 6) is -0.350. The lowest BCUT2D eigenvalue weighted by molar-refractivity contribution is -0.129. The van der Waals surface area contributed by atoms with Crippen LogP contribution in [0.4, 0.5) is 5.69 Å². The second-order valence-electron chi connectivity index (χ2n) is 8.47. The summed E-state index contributed by atoms with van der Waals surface area (Å²) in [4.78, 5) is 25.2. The molecule has 1 fully saturated rings. The molecule has 2 aromatic rings. The molecule has 0 saturated heterocycles. The van der Waals surface area contributed by atoms with Crippen molar-refractivity contribution in [3.63, 3.8) is 0 Å². The fourth-order valence-electron chi connectivity index (χ4n) is 3.82. The molecule has 0 radical (unpaired) electrons. The van der Waals surface area contributed by atoms with Crippen LogP contribution in [0.5, 0.6) is 0 Å². The van der Waals surface area contributed by atoms with E-state index in [1.165, 1.54) is 0 Å². The third kappa shape index (κ3) is 6.64. The van der Waals surface area contributed by atoms with E-state index in [1.54, 1.807) is 37.3 Å². The molecular weight excluding hydrogens is 426 g/mol. The second kappa shape index (κ2) is 10.7. The average Bonchev–Trinajstić information content (AvgIpc) is 2.80. The molecule has 1 aliphatic carbocycles. The molecule has 2 aromatic carbocycles. The largest absolute Gasteiger partial charge is 0.344 e. The van der Waals surface area contributed by atoms with E-state index in [2.05, 4.69) is 15.4 Å². The zero-order valence-corrected chi connectivity index (χ0v) is 19.3. The lowest BCUT2D eigenvalue weighted by Crippen LogP contribution is -2.45. The van der Waals surface area contributed by atoms with Crippen molar-refractivity contribution in [2.45, 2.75) is 50.5 Å². The minimum Gasteiger partial charge on any atom is -0.344 e. The summed E-state index contributed by atoms with van der Waals surface area (Å²) in [5.41, 5.74) is 1.80. The minimum absolute atomic E-state index is 0.125. The maximum Gasteiger partial charge on any atom is 0.246 e. The Morgan fingerprint density at radius 1 is 0.969 bits per heavy atom. The number of benzene rings is 2. The first-order valence-corrected chi connectivity index (χ1v) is 12.5. The van der Waals surface area contributed by atoms with Crippen molar-refractivity contribution in [2.75, 3.05) is 11.9 Å². The Hall–Kier alpha value is -2.71. The van der Waals surface area contributed by atoms with E-state index in [-0.39, 0.29) is 28.5 Å². The summed E-state index contributed by atoms with van der Waals surface area (Å²) in [6.07, 6.45) is 2.88. The third-order valence-corrected chi connectivity index (χ3v) is 7.34. The van der Waals surface area contributed by atoms with Gasteiger partial charge >= 0.3 is 0 Å². The quantitative estimate of drug-likeness (QED) is 0.566. The number of nitrogens with one attached hydrogen (secondary N) is 3. The molecule has 0 bridgehead atoms. The third-order valence-electron chi connectivity index (χ3n) is 5.90. The van der Waals surface area contributed by atoms with Gasteiger partial charge in [-0.1, -0.05) is 35.9 Å². The molecule has 32 heavy (non-hydrogen) atoms. The van der Waals surface area contributed by atoms with E-state index in [1.807, 2.05) is 31.2 Å². The standard InChI is InChI=1S/C24H31N3O4S/c1-17-8-14-21(15-9-17)27-23(28)18(2)26-24(29)20-12-10-19(11-13-20)16-25-32(30,31)22-6-4-3-5-7-22/h3-9,14-15,18-20,25H,10-13,16H2,1-2H3,(H,26,29)(H,27,28)/t18-,19?,20?/m1/s1. The summed E-state index contributed by atoms with van der Waals surface area (Å²) >= 11 is 0. The van der Waals surface area contributed by atoms with Crippen LogP contribution in [-0.4, -0.2) is 32.8 Å². The molecule has 1 aliphatic rings. The summed E-state index contributed by atoms with van der Waals surface area (Å²) < 4.78 is 27.4. The van der Waals surface area contributed by atoms with Crippen molar-refractivity contribution in [2.24, 2.45) is 11.8 Å². The van der Waals surface area contributed by atoms with E-state index in [4.69, 9.17) is 0 Å². The first-order valence-electron chi connectivity index (χ1n) is 11.0. The molecule has 0 heterocycles. The van der Waals surface area contributed by atoms with E-state index in [0.717, 1.165) is 18.4 Å². The number of amides is 2. The van der Waals surface area contributed by atoms with Gasteiger partial charge in [0, 0.05) is 18.2 Å². The summed E-state index contributed by atoms with van der Waals surface area (Å²) in [6.45, 7) is 4.01. The van der Waals surface area contributed by atoms with Crippen LogP contribution in [0.15, 0.2) is 59.5 Å². The lowest BCUT2D eigenvalue weighted by atomic mass is 9.81. The number of aryl methyl sites for hydroxylation is 1. The van der Waals surface area contributed by atoms with Gasteiger partial charge in [-0.05, 0) is 69.7 Å². The Labute approximate surface area is 190 Å². The molecule has 0 spiro atoms. The zero-order valence-electron chi connectivity index (χ0n) is 18.5. The van der Waals surface area contributed by atoms with Crippen LogP contribution < -0.4 is 15.4 Å². The highest BCUT2D eigenvalue weighted by Crippen LogP contribution is 2.29. The maximum absolute atomic E-state index is 12.6. The van der Waals surface area contributed by atoms with Gasteiger partial charge in [-0.3, -0.25) is 9.59 Å². The van der Waals surface area contributed by atoms with E-state index < -0.39 is 16.1 Å². The van der Waals surface area contributed by atoms with Gasteiger partial charge in [0.2, 0.25) is 21.8 Å². The first kappa shape index (κ1) is 23.9. The number of hydrogen-bond acceptors (Lipinski definition) is 4.